The summed E-state index contributed by atoms with van der Waals surface area (Å²) in [6.45, 7) is 9.47. The van der Waals surface area contributed by atoms with Crippen molar-refractivity contribution in [3.8, 4) is 5.75 Å². The van der Waals surface area contributed by atoms with Gasteiger partial charge in [-0.05, 0) is 31.5 Å². The number of benzene rings is 1. The number of nitrogens with zero attached hydrogens (tertiary/aromatic N) is 2. The van der Waals surface area contributed by atoms with E-state index >= 15 is 0 Å². The summed E-state index contributed by atoms with van der Waals surface area (Å²) < 4.78 is 16.3. The Kier molecular flexibility index (Phi) is 9.97. The monoisotopic (exact) mass is 378 g/mol. The smallest absolute Gasteiger partial charge is 0.188 e. The van der Waals surface area contributed by atoms with Gasteiger partial charge in [0, 0.05) is 45.3 Å². The second-order valence-corrected chi connectivity index (χ2v) is 6.74. The molecule has 0 radical (unpaired) electrons. The van der Waals surface area contributed by atoms with Gasteiger partial charge in [-0.2, -0.15) is 0 Å². The van der Waals surface area contributed by atoms with E-state index in [1.54, 1.807) is 7.11 Å². The zero-order chi connectivity index (χ0) is 19.3. The second kappa shape index (κ2) is 12.5. The molecule has 1 aromatic carbocycles. The lowest BCUT2D eigenvalue weighted by molar-refractivity contribution is 0.0376. The van der Waals surface area contributed by atoms with Crippen molar-refractivity contribution in [1.82, 2.24) is 10.2 Å². The SMILES string of the molecule is COCCCOc1cc(C)ccc1CN=C(N)NCCCN1CCOCC1. The highest BCUT2D eigenvalue weighted by Gasteiger charge is 2.09. The summed E-state index contributed by atoms with van der Waals surface area (Å²) in [5.74, 6) is 1.35. The summed E-state index contributed by atoms with van der Waals surface area (Å²) in [5, 5.41) is 3.20. The van der Waals surface area contributed by atoms with Crippen LogP contribution in [0.15, 0.2) is 23.2 Å². The summed E-state index contributed by atoms with van der Waals surface area (Å²) in [7, 11) is 1.70. The van der Waals surface area contributed by atoms with Gasteiger partial charge in [-0.3, -0.25) is 4.90 Å². The summed E-state index contributed by atoms with van der Waals surface area (Å²) in [5.41, 5.74) is 8.21. The highest BCUT2D eigenvalue weighted by Crippen LogP contribution is 2.21. The fourth-order valence-corrected chi connectivity index (χ4v) is 2.88. The Labute approximate surface area is 162 Å². The van der Waals surface area contributed by atoms with E-state index < -0.39 is 0 Å². The second-order valence-electron chi connectivity index (χ2n) is 6.74. The van der Waals surface area contributed by atoms with Crippen molar-refractivity contribution in [3.63, 3.8) is 0 Å². The summed E-state index contributed by atoms with van der Waals surface area (Å²) in [6.07, 6.45) is 1.90. The highest BCUT2D eigenvalue weighted by molar-refractivity contribution is 5.77. The Balaban J connectivity index is 1.74. The van der Waals surface area contributed by atoms with Crippen LogP contribution in [-0.4, -0.2) is 70.6 Å². The van der Waals surface area contributed by atoms with Crippen LogP contribution in [-0.2, 0) is 16.0 Å². The number of morpholine rings is 1. The van der Waals surface area contributed by atoms with Crippen LogP contribution in [0.1, 0.15) is 24.0 Å². The van der Waals surface area contributed by atoms with E-state index in [1.165, 1.54) is 5.56 Å². The molecule has 2 rings (SSSR count). The molecule has 7 heteroatoms. The van der Waals surface area contributed by atoms with Crippen molar-refractivity contribution < 1.29 is 14.2 Å². The number of guanidine groups is 1. The van der Waals surface area contributed by atoms with Crippen LogP contribution >= 0.6 is 0 Å². The number of rotatable bonds is 11. The summed E-state index contributed by atoms with van der Waals surface area (Å²) in [4.78, 5) is 6.87. The summed E-state index contributed by atoms with van der Waals surface area (Å²) >= 11 is 0. The lowest BCUT2D eigenvalue weighted by atomic mass is 10.1. The molecule has 7 nitrogen and oxygen atoms in total. The molecule has 1 aromatic rings. The fraction of sp³-hybridized carbons (Fsp3) is 0.650. The Morgan fingerprint density at radius 2 is 2.07 bits per heavy atom. The molecule has 0 spiro atoms. The maximum absolute atomic E-state index is 6.01. The number of methoxy groups -OCH3 is 1. The topological polar surface area (TPSA) is 81.3 Å². The van der Waals surface area contributed by atoms with E-state index in [1.807, 2.05) is 6.07 Å². The Morgan fingerprint density at radius 1 is 1.26 bits per heavy atom. The predicted octanol–water partition coefficient (Wildman–Crippen LogP) is 1.54. The van der Waals surface area contributed by atoms with Crippen LogP contribution in [0.4, 0.5) is 0 Å². The third-order valence-electron chi connectivity index (χ3n) is 4.45. The van der Waals surface area contributed by atoms with Crippen molar-refractivity contribution in [2.45, 2.75) is 26.3 Å². The van der Waals surface area contributed by atoms with E-state index in [0.717, 1.165) is 63.5 Å². The largest absolute Gasteiger partial charge is 0.493 e. The third kappa shape index (κ3) is 8.60. The summed E-state index contributed by atoms with van der Waals surface area (Å²) in [6, 6.07) is 6.17. The lowest BCUT2D eigenvalue weighted by Crippen LogP contribution is -2.39. The lowest BCUT2D eigenvalue weighted by Gasteiger charge is -2.26. The van der Waals surface area contributed by atoms with Crippen molar-refractivity contribution >= 4 is 5.96 Å². The molecule has 152 valence electrons. The number of hydrogen-bond donors (Lipinski definition) is 2. The molecule has 0 saturated carbocycles. The normalized spacial score (nSPS) is 15.7. The van der Waals surface area contributed by atoms with E-state index in [4.69, 9.17) is 19.9 Å². The first-order valence-electron chi connectivity index (χ1n) is 9.74. The van der Waals surface area contributed by atoms with Gasteiger partial charge in [0.25, 0.3) is 0 Å². The van der Waals surface area contributed by atoms with E-state index in [-0.39, 0.29) is 0 Å². The van der Waals surface area contributed by atoms with Crippen molar-refractivity contribution in [1.29, 1.82) is 0 Å². The van der Waals surface area contributed by atoms with Gasteiger partial charge in [-0.25, -0.2) is 4.99 Å². The number of ether oxygens (including phenoxy) is 3. The molecule has 27 heavy (non-hydrogen) atoms. The first-order valence-corrected chi connectivity index (χ1v) is 9.74. The molecule has 1 aliphatic heterocycles. The van der Waals surface area contributed by atoms with E-state index in [2.05, 4.69) is 34.3 Å². The van der Waals surface area contributed by atoms with Crippen molar-refractivity contribution in [3.05, 3.63) is 29.3 Å². The van der Waals surface area contributed by atoms with Gasteiger partial charge in [-0.15, -0.1) is 0 Å². The number of hydrogen-bond acceptors (Lipinski definition) is 5. The molecular weight excluding hydrogens is 344 g/mol. The Morgan fingerprint density at radius 3 is 2.85 bits per heavy atom. The van der Waals surface area contributed by atoms with E-state index in [9.17, 15) is 0 Å². The average molecular weight is 379 g/mol. The molecule has 0 aromatic heterocycles. The maximum atomic E-state index is 6.01. The van der Waals surface area contributed by atoms with Gasteiger partial charge in [-0.1, -0.05) is 12.1 Å². The molecule has 1 heterocycles. The number of nitrogens with two attached hydrogens (primary N) is 1. The number of aryl methyl sites for hydroxylation is 1. The third-order valence-corrected chi connectivity index (χ3v) is 4.45. The van der Waals surface area contributed by atoms with Gasteiger partial charge in [0.05, 0.1) is 26.4 Å². The maximum Gasteiger partial charge on any atom is 0.188 e. The molecule has 3 N–H and O–H groups in total. The zero-order valence-corrected chi connectivity index (χ0v) is 16.7. The van der Waals surface area contributed by atoms with Crippen LogP contribution in [0.2, 0.25) is 0 Å². The Bertz CT molecular complexity index is 574. The highest BCUT2D eigenvalue weighted by atomic mass is 16.5. The van der Waals surface area contributed by atoms with Crippen LogP contribution in [0.25, 0.3) is 0 Å². The predicted molar refractivity (Wildman–Crippen MR) is 108 cm³/mol. The quantitative estimate of drug-likeness (QED) is 0.345. The molecule has 0 aliphatic carbocycles. The molecular formula is C20H34N4O3. The number of aliphatic imine (C=N–C) groups is 1. The fourth-order valence-electron chi connectivity index (χ4n) is 2.88. The van der Waals surface area contributed by atoms with Gasteiger partial charge in [0.2, 0.25) is 0 Å². The number of nitrogens with one attached hydrogen (secondary N) is 1. The molecule has 1 aliphatic rings. The average Bonchev–Trinajstić information content (AvgIpc) is 2.69. The first kappa shape index (κ1) is 21.5. The van der Waals surface area contributed by atoms with Crippen LogP contribution in [0, 0.1) is 6.92 Å². The Hall–Kier alpha value is -1.83. The van der Waals surface area contributed by atoms with Gasteiger partial charge >= 0.3 is 0 Å². The van der Waals surface area contributed by atoms with Gasteiger partial charge < -0.3 is 25.3 Å². The van der Waals surface area contributed by atoms with Gasteiger partial charge in [0.15, 0.2) is 5.96 Å². The zero-order valence-electron chi connectivity index (χ0n) is 16.7. The van der Waals surface area contributed by atoms with E-state index in [0.29, 0.717) is 25.7 Å². The molecule has 0 unspecified atom stereocenters. The van der Waals surface area contributed by atoms with Crippen LogP contribution in [0.5, 0.6) is 5.75 Å². The minimum atomic E-state index is 0.475. The molecule has 0 bridgehead atoms. The van der Waals surface area contributed by atoms with Crippen molar-refractivity contribution in [2.75, 3.05) is 59.7 Å². The molecule has 1 saturated heterocycles. The van der Waals surface area contributed by atoms with Crippen molar-refractivity contribution in [2.24, 2.45) is 10.7 Å². The van der Waals surface area contributed by atoms with Crippen LogP contribution < -0.4 is 15.8 Å². The standard InChI is InChI=1S/C20H34N4O3/c1-17-5-6-18(19(15-17)27-12-4-11-25-2)16-23-20(21)22-7-3-8-24-9-13-26-14-10-24/h5-6,15H,3-4,7-14,16H2,1-2H3,(H3,21,22,23). The first-order chi connectivity index (χ1) is 13.2. The molecule has 1 fully saturated rings. The minimum Gasteiger partial charge on any atom is -0.493 e. The molecule has 0 amide bonds. The minimum absolute atomic E-state index is 0.475. The molecule has 0 atom stereocenters. The van der Waals surface area contributed by atoms with Crippen LogP contribution in [0.3, 0.4) is 0 Å². The van der Waals surface area contributed by atoms with Gasteiger partial charge in [0.1, 0.15) is 5.75 Å².